The molecule has 0 saturated heterocycles. The number of carbonyl (C=O) groups excluding carboxylic acids is 1. The molecule has 3 heteroatoms. The van der Waals surface area contributed by atoms with Crippen LogP contribution in [0.5, 0.6) is 0 Å². The minimum absolute atomic E-state index is 0.537. The summed E-state index contributed by atoms with van der Waals surface area (Å²) in [5, 5.41) is 2.49. The second kappa shape index (κ2) is 8.01. The Morgan fingerprint density at radius 2 is 2.40 bits per heavy atom. The Bertz CT molecular complexity index is 102. The van der Waals surface area contributed by atoms with Crippen molar-refractivity contribution in [2.75, 3.05) is 13.2 Å². The molecular formula is C7H13NO2. The lowest BCUT2D eigenvalue weighted by Gasteiger charge is -1.97. The first-order chi connectivity index (χ1) is 4.91. The highest BCUT2D eigenvalue weighted by Gasteiger charge is 1.79. The van der Waals surface area contributed by atoms with Crippen LogP contribution >= 0.6 is 0 Å². The zero-order chi connectivity index (χ0) is 7.66. The van der Waals surface area contributed by atoms with E-state index in [0.29, 0.717) is 19.6 Å². The maximum atomic E-state index is 9.71. The van der Waals surface area contributed by atoms with E-state index in [0.717, 1.165) is 6.42 Å². The lowest BCUT2D eigenvalue weighted by atomic mass is 10.5. The van der Waals surface area contributed by atoms with Crippen LogP contribution in [-0.2, 0) is 9.53 Å². The average molecular weight is 143 g/mol. The zero-order valence-electron chi connectivity index (χ0n) is 6.17. The summed E-state index contributed by atoms with van der Waals surface area (Å²) >= 11 is 0. The van der Waals surface area contributed by atoms with Crippen molar-refractivity contribution in [3.05, 3.63) is 12.3 Å². The van der Waals surface area contributed by atoms with Crippen LogP contribution in [0.3, 0.4) is 0 Å². The summed E-state index contributed by atoms with van der Waals surface area (Å²) in [6, 6.07) is 0. The fraction of sp³-hybridized carbons (Fsp3) is 0.571. The van der Waals surface area contributed by atoms with Gasteiger partial charge in [-0.05, 0) is 6.42 Å². The molecule has 0 radical (unpaired) electrons. The van der Waals surface area contributed by atoms with Crippen molar-refractivity contribution in [1.82, 2.24) is 5.32 Å². The van der Waals surface area contributed by atoms with Crippen molar-refractivity contribution in [1.29, 1.82) is 0 Å². The van der Waals surface area contributed by atoms with E-state index in [-0.39, 0.29) is 0 Å². The summed E-state index contributed by atoms with van der Waals surface area (Å²) in [7, 11) is 0. The lowest BCUT2D eigenvalue weighted by molar-refractivity contribution is -0.109. The topological polar surface area (TPSA) is 38.3 Å². The van der Waals surface area contributed by atoms with Crippen LogP contribution in [0.1, 0.15) is 13.3 Å². The molecule has 0 aliphatic carbocycles. The summed E-state index contributed by atoms with van der Waals surface area (Å²) in [6.45, 7) is 3.14. The molecule has 0 saturated carbocycles. The van der Waals surface area contributed by atoms with Gasteiger partial charge in [-0.15, -0.1) is 0 Å². The molecule has 3 nitrogen and oxygen atoms in total. The van der Waals surface area contributed by atoms with Crippen molar-refractivity contribution < 1.29 is 9.53 Å². The van der Waals surface area contributed by atoms with Gasteiger partial charge in [0.2, 0.25) is 6.41 Å². The fourth-order valence-electron chi connectivity index (χ4n) is 0.409. The molecule has 0 unspecified atom stereocenters. The SMILES string of the molecule is CC/C=C/OCCNC=O. The van der Waals surface area contributed by atoms with Crippen LogP contribution in [0.4, 0.5) is 0 Å². The molecule has 0 heterocycles. The van der Waals surface area contributed by atoms with Crippen molar-refractivity contribution in [3.8, 4) is 0 Å². The van der Waals surface area contributed by atoms with E-state index in [4.69, 9.17) is 4.74 Å². The molecule has 58 valence electrons. The third kappa shape index (κ3) is 7.01. The minimum Gasteiger partial charge on any atom is -0.500 e. The quantitative estimate of drug-likeness (QED) is 0.337. The van der Waals surface area contributed by atoms with Gasteiger partial charge in [0.25, 0.3) is 0 Å². The molecule has 0 bridgehead atoms. The third-order valence-corrected chi connectivity index (χ3v) is 0.876. The van der Waals surface area contributed by atoms with Crippen LogP contribution in [0.2, 0.25) is 0 Å². The van der Waals surface area contributed by atoms with Crippen LogP contribution < -0.4 is 5.32 Å². The summed E-state index contributed by atoms with van der Waals surface area (Å²) in [5.41, 5.74) is 0. The number of hydrogen-bond acceptors (Lipinski definition) is 2. The first kappa shape index (κ1) is 9.01. The standard InChI is InChI=1S/C7H13NO2/c1-2-3-5-10-6-4-8-7-9/h3,5,7H,2,4,6H2,1H3,(H,8,9)/b5-3+. The highest BCUT2D eigenvalue weighted by Crippen LogP contribution is 1.80. The Hall–Kier alpha value is -0.990. The normalized spacial score (nSPS) is 9.70. The first-order valence-electron chi connectivity index (χ1n) is 3.35. The number of nitrogens with one attached hydrogen (secondary N) is 1. The maximum Gasteiger partial charge on any atom is 0.207 e. The predicted molar refractivity (Wildman–Crippen MR) is 39.4 cm³/mol. The molecular weight excluding hydrogens is 130 g/mol. The Labute approximate surface area is 61.1 Å². The van der Waals surface area contributed by atoms with Crippen molar-refractivity contribution in [2.45, 2.75) is 13.3 Å². The number of amides is 1. The smallest absolute Gasteiger partial charge is 0.207 e. The molecule has 0 aromatic rings. The highest BCUT2D eigenvalue weighted by atomic mass is 16.5. The molecule has 0 rings (SSSR count). The highest BCUT2D eigenvalue weighted by molar-refractivity contribution is 5.45. The Morgan fingerprint density at radius 1 is 1.60 bits per heavy atom. The number of ether oxygens (including phenoxy) is 1. The lowest BCUT2D eigenvalue weighted by Crippen LogP contribution is -2.16. The van der Waals surface area contributed by atoms with Gasteiger partial charge in [0.15, 0.2) is 0 Å². The van der Waals surface area contributed by atoms with Crippen molar-refractivity contribution >= 4 is 6.41 Å². The van der Waals surface area contributed by atoms with E-state index in [1.165, 1.54) is 0 Å². The van der Waals surface area contributed by atoms with Crippen LogP contribution in [0, 0.1) is 0 Å². The number of carbonyl (C=O) groups is 1. The van der Waals surface area contributed by atoms with Crippen molar-refractivity contribution in [2.24, 2.45) is 0 Å². The summed E-state index contributed by atoms with van der Waals surface area (Å²) in [5.74, 6) is 0. The fourth-order valence-corrected chi connectivity index (χ4v) is 0.409. The molecule has 0 spiro atoms. The average Bonchev–Trinajstić information content (AvgIpc) is 1.97. The van der Waals surface area contributed by atoms with E-state index in [2.05, 4.69) is 5.32 Å². The van der Waals surface area contributed by atoms with Gasteiger partial charge >= 0.3 is 0 Å². The molecule has 0 aliphatic rings. The van der Waals surface area contributed by atoms with Gasteiger partial charge in [-0.2, -0.15) is 0 Å². The van der Waals surface area contributed by atoms with E-state index in [1.54, 1.807) is 6.26 Å². The maximum absolute atomic E-state index is 9.71. The molecule has 0 atom stereocenters. The Kier molecular flexibility index (Phi) is 7.22. The number of hydrogen-bond donors (Lipinski definition) is 1. The van der Waals surface area contributed by atoms with Gasteiger partial charge < -0.3 is 10.1 Å². The molecule has 1 N–H and O–H groups in total. The molecule has 0 fully saturated rings. The van der Waals surface area contributed by atoms with E-state index in [9.17, 15) is 4.79 Å². The van der Waals surface area contributed by atoms with Gasteiger partial charge in [-0.25, -0.2) is 0 Å². The first-order valence-corrected chi connectivity index (χ1v) is 3.35. The van der Waals surface area contributed by atoms with Crippen molar-refractivity contribution in [3.63, 3.8) is 0 Å². The van der Waals surface area contributed by atoms with Crippen LogP contribution in [0.25, 0.3) is 0 Å². The van der Waals surface area contributed by atoms with Gasteiger partial charge in [-0.1, -0.05) is 13.0 Å². The van der Waals surface area contributed by atoms with Gasteiger partial charge in [-0.3, -0.25) is 4.79 Å². The molecule has 0 aromatic heterocycles. The van der Waals surface area contributed by atoms with Gasteiger partial charge in [0.05, 0.1) is 12.8 Å². The predicted octanol–water partition coefficient (Wildman–Crippen LogP) is 0.673. The molecule has 0 aromatic carbocycles. The molecule has 10 heavy (non-hydrogen) atoms. The summed E-state index contributed by atoms with van der Waals surface area (Å²) in [6.07, 6.45) is 5.20. The molecule has 0 aliphatic heterocycles. The summed E-state index contributed by atoms with van der Waals surface area (Å²) in [4.78, 5) is 9.71. The van der Waals surface area contributed by atoms with E-state index in [1.807, 2.05) is 13.0 Å². The number of allylic oxidation sites excluding steroid dienone is 1. The van der Waals surface area contributed by atoms with E-state index < -0.39 is 0 Å². The third-order valence-electron chi connectivity index (χ3n) is 0.876. The Balaban J connectivity index is 2.89. The van der Waals surface area contributed by atoms with E-state index >= 15 is 0 Å². The van der Waals surface area contributed by atoms with Crippen LogP contribution in [-0.4, -0.2) is 19.6 Å². The van der Waals surface area contributed by atoms with Crippen LogP contribution in [0.15, 0.2) is 12.3 Å². The minimum atomic E-state index is 0.537. The molecule has 1 amide bonds. The van der Waals surface area contributed by atoms with Gasteiger partial charge in [0, 0.05) is 0 Å². The largest absolute Gasteiger partial charge is 0.500 e. The monoisotopic (exact) mass is 143 g/mol. The summed E-state index contributed by atoms with van der Waals surface area (Å²) < 4.78 is 4.97. The second-order valence-electron chi connectivity index (χ2n) is 1.72. The Morgan fingerprint density at radius 3 is 3.00 bits per heavy atom. The van der Waals surface area contributed by atoms with Gasteiger partial charge in [0.1, 0.15) is 6.61 Å². The second-order valence-corrected chi connectivity index (χ2v) is 1.72. The zero-order valence-corrected chi connectivity index (χ0v) is 6.17. The number of rotatable bonds is 6.